The molecule has 0 atom stereocenters. The van der Waals surface area contributed by atoms with Gasteiger partial charge < -0.3 is 10.5 Å². The molecule has 0 radical (unpaired) electrons. The molecule has 1 aliphatic rings. The molecule has 1 saturated carbocycles. The first-order chi connectivity index (χ1) is 7.25. The minimum Gasteiger partial charge on any atom is -0.398 e. The lowest BCUT2D eigenvalue weighted by Gasteiger charge is -2.12. The number of ether oxygens (including phenoxy) is 1. The number of rotatable bonds is 3. The number of halogens is 1. The number of nitrogen functional groups attached to an aromatic ring is 1. The van der Waals surface area contributed by atoms with Gasteiger partial charge in [0.2, 0.25) is 0 Å². The quantitative estimate of drug-likeness (QED) is 0.853. The monoisotopic (exact) mass is 269 g/mol. The number of hydrogen-bond acceptors (Lipinski definition) is 2. The predicted octanol–water partition coefficient (Wildman–Crippen LogP) is 3.49. The average molecular weight is 270 g/mol. The van der Waals surface area contributed by atoms with E-state index in [0.717, 1.165) is 15.7 Å². The van der Waals surface area contributed by atoms with Gasteiger partial charge in [-0.3, -0.25) is 0 Å². The van der Waals surface area contributed by atoms with E-state index in [9.17, 15) is 0 Å². The highest BCUT2D eigenvalue weighted by atomic mass is 79.9. The first kappa shape index (κ1) is 11.0. The van der Waals surface area contributed by atoms with Crippen molar-refractivity contribution in [2.24, 2.45) is 0 Å². The molecule has 0 unspecified atom stereocenters. The molecular formula is C12H16BrNO. The molecule has 0 aromatic heterocycles. The van der Waals surface area contributed by atoms with Crippen molar-refractivity contribution in [3.05, 3.63) is 28.2 Å². The van der Waals surface area contributed by atoms with Crippen LogP contribution in [0.4, 0.5) is 5.69 Å². The minimum absolute atomic E-state index is 0.452. The minimum atomic E-state index is 0.452. The van der Waals surface area contributed by atoms with Gasteiger partial charge in [0.05, 0.1) is 12.7 Å². The summed E-state index contributed by atoms with van der Waals surface area (Å²) in [5.74, 6) is 0. The molecule has 0 bridgehead atoms. The second kappa shape index (κ2) is 4.99. The van der Waals surface area contributed by atoms with Gasteiger partial charge in [-0.05, 0) is 25.0 Å². The largest absolute Gasteiger partial charge is 0.398 e. The number of nitrogens with two attached hydrogens (primary N) is 1. The van der Waals surface area contributed by atoms with E-state index in [1.165, 1.54) is 25.7 Å². The van der Waals surface area contributed by atoms with Crippen LogP contribution in [-0.4, -0.2) is 6.10 Å². The standard InChI is InChI=1S/C12H16BrNO/c13-10-6-5-9(12(14)7-10)8-15-11-3-1-2-4-11/h5-7,11H,1-4,8,14H2. The molecule has 15 heavy (non-hydrogen) atoms. The van der Waals surface area contributed by atoms with Crippen molar-refractivity contribution < 1.29 is 4.74 Å². The summed E-state index contributed by atoms with van der Waals surface area (Å²) in [6.45, 7) is 0.643. The maximum Gasteiger partial charge on any atom is 0.0740 e. The predicted molar refractivity (Wildman–Crippen MR) is 65.6 cm³/mol. The third kappa shape index (κ3) is 2.95. The van der Waals surface area contributed by atoms with Crippen molar-refractivity contribution in [2.75, 3.05) is 5.73 Å². The first-order valence-electron chi connectivity index (χ1n) is 5.41. The Hall–Kier alpha value is -0.540. The molecule has 1 aliphatic carbocycles. The van der Waals surface area contributed by atoms with E-state index >= 15 is 0 Å². The third-order valence-corrected chi connectivity index (χ3v) is 3.38. The highest BCUT2D eigenvalue weighted by Gasteiger charge is 2.15. The molecule has 1 aromatic carbocycles. The van der Waals surface area contributed by atoms with Crippen molar-refractivity contribution in [3.63, 3.8) is 0 Å². The van der Waals surface area contributed by atoms with E-state index in [2.05, 4.69) is 15.9 Å². The molecule has 0 heterocycles. The molecule has 2 N–H and O–H groups in total. The van der Waals surface area contributed by atoms with Gasteiger partial charge in [0.1, 0.15) is 0 Å². The van der Waals surface area contributed by atoms with Crippen LogP contribution >= 0.6 is 15.9 Å². The SMILES string of the molecule is Nc1cc(Br)ccc1COC1CCCC1. The smallest absolute Gasteiger partial charge is 0.0740 e. The van der Waals surface area contributed by atoms with E-state index in [4.69, 9.17) is 10.5 Å². The summed E-state index contributed by atoms with van der Waals surface area (Å²) >= 11 is 3.39. The van der Waals surface area contributed by atoms with Gasteiger partial charge in [-0.15, -0.1) is 0 Å². The Balaban J connectivity index is 1.92. The summed E-state index contributed by atoms with van der Waals surface area (Å²) in [5.41, 5.74) is 7.79. The molecule has 0 aliphatic heterocycles. The Morgan fingerprint density at radius 1 is 1.33 bits per heavy atom. The maximum atomic E-state index is 5.90. The van der Waals surface area contributed by atoms with Gasteiger partial charge in [0.15, 0.2) is 0 Å². The van der Waals surface area contributed by atoms with Crippen LogP contribution in [-0.2, 0) is 11.3 Å². The Morgan fingerprint density at radius 3 is 2.73 bits per heavy atom. The van der Waals surface area contributed by atoms with Crippen LogP contribution in [0.3, 0.4) is 0 Å². The van der Waals surface area contributed by atoms with Crippen LogP contribution < -0.4 is 5.73 Å². The Bertz CT molecular complexity index is 334. The molecule has 0 spiro atoms. The fourth-order valence-corrected chi connectivity index (χ4v) is 2.34. The van der Waals surface area contributed by atoms with Gasteiger partial charge in [-0.25, -0.2) is 0 Å². The number of anilines is 1. The van der Waals surface area contributed by atoms with Gasteiger partial charge in [-0.2, -0.15) is 0 Å². The van der Waals surface area contributed by atoms with E-state index in [-0.39, 0.29) is 0 Å². The lowest BCUT2D eigenvalue weighted by atomic mass is 10.2. The second-order valence-electron chi connectivity index (χ2n) is 4.06. The van der Waals surface area contributed by atoms with Crippen molar-refractivity contribution in [1.29, 1.82) is 0 Å². The molecule has 2 nitrogen and oxygen atoms in total. The fraction of sp³-hybridized carbons (Fsp3) is 0.500. The third-order valence-electron chi connectivity index (χ3n) is 2.88. The van der Waals surface area contributed by atoms with Gasteiger partial charge in [0, 0.05) is 15.7 Å². The second-order valence-corrected chi connectivity index (χ2v) is 4.98. The zero-order chi connectivity index (χ0) is 10.7. The number of benzene rings is 1. The lowest BCUT2D eigenvalue weighted by Crippen LogP contribution is -2.08. The molecule has 0 saturated heterocycles. The van der Waals surface area contributed by atoms with Crippen molar-refractivity contribution in [1.82, 2.24) is 0 Å². The topological polar surface area (TPSA) is 35.2 Å². The molecule has 82 valence electrons. The van der Waals surface area contributed by atoms with Crippen LogP contribution in [0.1, 0.15) is 31.2 Å². The first-order valence-corrected chi connectivity index (χ1v) is 6.20. The van der Waals surface area contributed by atoms with Crippen LogP contribution in [0, 0.1) is 0 Å². The van der Waals surface area contributed by atoms with E-state index in [1.54, 1.807) is 0 Å². The molecule has 2 rings (SSSR count). The summed E-state index contributed by atoms with van der Waals surface area (Å²) in [6.07, 6.45) is 5.47. The van der Waals surface area contributed by atoms with Gasteiger partial charge >= 0.3 is 0 Å². The average Bonchev–Trinajstić information content (AvgIpc) is 2.69. The summed E-state index contributed by atoms with van der Waals surface area (Å²) in [7, 11) is 0. The summed E-state index contributed by atoms with van der Waals surface area (Å²) in [6, 6.07) is 5.95. The Morgan fingerprint density at radius 2 is 2.07 bits per heavy atom. The highest BCUT2D eigenvalue weighted by molar-refractivity contribution is 9.10. The van der Waals surface area contributed by atoms with Crippen molar-refractivity contribution in [3.8, 4) is 0 Å². The van der Waals surface area contributed by atoms with Gasteiger partial charge in [-0.1, -0.05) is 34.8 Å². The molecule has 1 aromatic rings. The number of hydrogen-bond donors (Lipinski definition) is 1. The highest BCUT2D eigenvalue weighted by Crippen LogP contribution is 2.24. The van der Waals surface area contributed by atoms with Crippen LogP contribution in [0.15, 0.2) is 22.7 Å². The summed E-state index contributed by atoms with van der Waals surface area (Å²) in [5, 5.41) is 0. The van der Waals surface area contributed by atoms with E-state index < -0.39 is 0 Å². The van der Waals surface area contributed by atoms with E-state index in [0.29, 0.717) is 12.7 Å². The van der Waals surface area contributed by atoms with E-state index in [1.807, 2.05) is 18.2 Å². The van der Waals surface area contributed by atoms with Crippen LogP contribution in [0.25, 0.3) is 0 Å². The molecular weight excluding hydrogens is 254 g/mol. The molecule has 3 heteroatoms. The summed E-state index contributed by atoms with van der Waals surface area (Å²) < 4.78 is 6.83. The zero-order valence-corrected chi connectivity index (χ0v) is 10.3. The Kier molecular flexibility index (Phi) is 3.65. The summed E-state index contributed by atoms with van der Waals surface area (Å²) in [4.78, 5) is 0. The molecule has 1 fully saturated rings. The maximum absolute atomic E-state index is 5.90. The van der Waals surface area contributed by atoms with Crippen LogP contribution in [0.5, 0.6) is 0 Å². The zero-order valence-electron chi connectivity index (χ0n) is 8.71. The Labute approximate surface area is 98.9 Å². The van der Waals surface area contributed by atoms with Crippen LogP contribution in [0.2, 0.25) is 0 Å². The van der Waals surface area contributed by atoms with Crippen molar-refractivity contribution >= 4 is 21.6 Å². The fourth-order valence-electron chi connectivity index (χ4n) is 1.96. The lowest BCUT2D eigenvalue weighted by molar-refractivity contribution is 0.0460. The molecule has 0 amide bonds. The normalized spacial score (nSPS) is 17.1. The van der Waals surface area contributed by atoms with Crippen molar-refractivity contribution in [2.45, 2.75) is 38.4 Å². The van der Waals surface area contributed by atoms with Gasteiger partial charge in [0.25, 0.3) is 0 Å².